The average molecular weight is 228 g/mol. The standard InChI is InChI=1S/C10H20N4O2/c1-13-10(16)7-3-2-4-14(5-7)6-8(11)9(12)15/h7-8H,2-6,11H2,1H3,(H2,12,15)(H,13,16). The fourth-order valence-electron chi connectivity index (χ4n) is 2.01. The van der Waals surface area contributed by atoms with E-state index in [4.69, 9.17) is 11.5 Å². The summed E-state index contributed by atoms with van der Waals surface area (Å²) in [5, 5.41) is 2.64. The second-order valence-electron chi connectivity index (χ2n) is 4.22. The number of hydrogen-bond acceptors (Lipinski definition) is 4. The van der Waals surface area contributed by atoms with Crippen molar-refractivity contribution in [2.45, 2.75) is 18.9 Å². The molecule has 0 radical (unpaired) electrons. The van der Waals surface area contributed by atoms with Gasteiger partial charge < -0.3 is 21.7 Å². The minimum atomic E-state index is -0.650. The summed E-state index contributed by atoms with van der Waals surface area (Å²) >= 11 is 0. The summed E-state index contributed by atoms with van der Waals surface area (Å²) in [4.78, 5) is 24.3. The lowest BCUT2D eigenvalue weighted by Gasteiger charge is -2.32. The van der Waals surface area contributed by atoms with Crippen LogP contribution in [0.2, 0.25) is 0 Å². The van der Waals surface area contributed by atoms with E-state index in [0.29, 0.717) is 13.1 Å². The minimum Gasteiger partial charge on any atom is -0.368 e. The highest BCUT2D eigenvalue weighted by atomic mass is 16.2. The Kier molecular flexibility index (Phi) is 4.70. The molecule has 0 aromatic heterocycles. The van der Waals surface area contributed by atoms with Crippen LogP contribution in [-0.2, 0) is 9.59 Å². The highest BCUT2D eigenvalue weighted by Gasteiger charge is 2.26. The predicted octanol–water partition coefficient (Wildman–Crippen LogP) is -1.74. The van der Waals surface area contributed by atoms with Gasteiger partial charge in [-0.15, -0.1) is 0 Å². The Morgan fingerprint density at radius 2 is 2.25 bits per heavy atom. The van der Waals surface area contributed by atoms with Gasteiger partial charge in [0.1, 0.15) is 0 Å². The van der Waals surface area contributed by atoms with Crippen LogP contribution in [0.15, 0.2) is 0 Å². The molecule has 16 heavy (non-hydrogen) atoms. The van der Waals surface area contributed by atoms with Gasteiger partial charge in [-0.1, -0.05) is 0 Å². The van der Waals surface area contributed by atoms with Crippen molar-refractivity contribution in [3.63, 3.8) is 0 Å². The number of hydrogen-bond donors (Lipinski definition) is 3. The van der Waals surface area contributed by atoms with Gasteiger partial charge in [-0.2, -0.15) is 0 Å². The molecule has 0 aromatic carbocycles. The predicted molar refractivity (Wildman–Crippen MR) is 60.4 cm³/mol. The van der Waals surface area contributed by atoms with Crippen molar-refractivity contribution in [2.75, 3.05) is 26.7 Å². The van der Waals surface area contributed by atoms with Crippen molar-refractivity contribution in [1.82, 2.24) is 10.2 Å². The van der Waals surface area contributed by atoms with E-state index in [1.807, 2.05) is 4.90 Å². The van der Waals surface area contributed by atoms with Crippen LogP contribution in [-0.4, -0.2) is 49.4 Å². The Balaban J connectivity index is 2.44. The van der Waals surface area contributed by atoms with E-state index in [1.54, 1.807) is 7.05 Å². The first-order chi connectivity index (χ1) is 7.54. The summed E-state index contributed by atoms with van der Waals surface area (Å²) < 4.78 is 0. The Bertz CT molecular complexity index is 270. The van der Waals surface area contributed by atoms with Crippen LogP contribution in [0, 0.1) is 5.92 Å². The summed E-state index contributed by atoms with van der Waals surface area (Å²) in [6.45, 7) is 1.96. The van der Waals surface area contributed by atoms with E-state index < -0.39 is 11.9 Å². The van der Waals surface area contributed by atoms with Crippen molar-refractivity contribution in [3.8, 4) is 0 Å². The van der Waals surface area contributed by atoms with Crippen LogP contribution in [0.5, 0.6) is 0 Å². The zero-order valence-corrected chi connectivity index (χ0v) is 9.61. The molecule has 1 heterocycles. The second-order valence-corrected chi connectivity index (χ2v) is 4.22. The third-order valence-electron chi connectivity index (χ3n) is 2.94. The maximum Gasteiger partial charge on any atom is 0.235 e. The van der Waals surface area contributed by atoms with E-state index in [9.17, 15) is 9.59 Å². The average Bonchev–Trinajstić information content (AvgIpc) is 2.28. The number of carbonyl (C=O) groups is 2. The smallest absolute Gasteiger partial charge is 0.235 e. The molecule has 1 aliphatic rings. The summed E-state index contributed by atoms with van der Waals surface area (Å²) in [6, 6.07) is -0.650. The SMILES string of the molecule is CNC(=O)C1CCCN(CC(N)C(N)=O)C1. The monoisotopic (exact) mass is 228 g/mol. The first-order valence-electron chi connectivity index (χ1n) is 5.53. The van der Waals surface area contributed by atoms with Crippen LogP contribution in [0.4, 0.5) is 0 Å². The fraction of sp³-hybridized carbons (Fsp3) is 0.800. The first kappa shape index (κ1) is 12.9. The van der Waals surface area contributed by atoms with Crippen molar-refractivity contribution in [3.05, 3.63) is 0 Å². The molecule has 1 rings (SSSR count). The zero-order chi connectivity index (χ0) is 12.1. The van der Waals surface area contributed by atoms with E-state index >= 15 is 0 Å². The number of carbonyl (C=O) groups excluding carboxylic acids is 2. The number of amides is 2. The lowest BCUT2D eigenvalue weighted by Crippen LogP contribution is -2.50. The Morgan fingerprint density at radius 3 is 2.81 bits per heavy atom. The van der Waals surface area contributed by atoms with Gasteiger partial charge in [0, 0.05) is 20.1 Å². The van der Waals surface area contributed by atoms with Crippen molar-refractivity contribution < 1.29 is 9.59 Å². The number of rotatable bonds is 4. The third-order valence-corrected chi connectivity index (χ3v) is 2.94. The van der Waals surface area contributed by atoms with Gasteiger partial charge in [0.25, 0.3) is 0 Å². The molecule has 6 nitrogen and oxygen atoms in total. The number of nitrogens with two attached hydrogens (primary N) is 2. The van der Waals surface area contributed by atoms with E-state index in [2.05, 4.69) is 5.32 Å². The van der Waals surface area contributed by atoms with Gasteiger partial charge >= 0.3 is 0 Å². The highest BCUT2D eigenvalue weighted by Crippen LogP contribution is 2.16. The van der Waals surface area contributed by atoms with Crippen LogP contribution in [0.1, 0.15) is 12.8 Å². The van der Waals surface area contributed by atoms with Crippen LogP contribution in [0.3, 0.4) is 0 Å². The molecule has 0 aliphatic carbocycles. The van der Waals surface area contributed by atoms with Gasteiger partial charge in [-0.05, 0) is 19.4 Å². The molecule has 0 aromatic rings. The number of likely N-dealkylation sites (tertiary alicyclic amines) is 1. The summed E-state index contributed by atoms with van der Waals surface area (Å²) in [6.07, 6.45) is 1.84. The normalized spacial score (nSPS) is 23.8. The highest BCUT2D eigenvalue weighted by molar-refractivity contribution is 5.80. The quantitative estimate of drug-likeness (QED) is 0.531. The topological polar surface area (TPSA) is 101 Å². The Hall–Kier alpha value is -1.14. The number of nitrogens with zero attached hydrogens (tertiary/aromatic N) is 1. The lowest BCUT2D eigenvalue weighted by atomic mass is 9.97. The lowest BCUT2D eigenvalue weighted by molar-refractivity contribution is -0.126. The minimum absolute atomic E-state index is 0.00109. The summed E-state index contributed by atoms with van der Waals surface area (Å²) in [5.41, 5.74) is 10.7. The molecule has 2 amide bonds. The van der Waals surface area contributed by atoms with Gasteiger partial charge in [0.05, 0.1) is 12.0 Å². The molecule has 1 fully saturated rings. The molecule has 0 saturated carbocycles. The van der Waals surface area contributed by atoms with Crippen LogP contribution in [0.25, 0.3) is 0 Å². The zero-order valence-electron chi connectivity index (χ0n) is 9.61. The summed E-state index contributed by atoms with van der Waals surface area (Å²) in [7, 11) is 1.64. The molecule has 0 bridgehead atoms. The van der Waals surface area contributed by atoms with E-state index in [1.165, 1.54) is 0 Å². The molecule has 6 heteroatoms. The van der Waals surface area contributed by atoms with E-state index in [0.717, 1.165) is 19.4 Å². The summed E-state index contributed by atoms with van der Waals surface area (Å²) in [5.74, 6) is -0.446. The first-order valence-corrected chi connectivity index (χ1v) is 5.53. The van der Waals surface area contributed by atoms with Crippen LogP contribution < -0.4 is 16.8 Å². The molecule has 2 unspecified atom stereocenters. The number of piperidine rings is 1. The molecule has 92 valence electrons. The van der Waals surface area contributed by atoms with Gasteiger partial charge in [-0.25, -0.2) is 0 Å². The van der Waals surface area contributed by atoms with Gasteiger partial charge in [-0.3, -0.25) is 9.59 Å². The van der Waals surface area contributed by atoms with Crippen molar-refractivity contribution in [1.29, 1.82) is 0 Å². The maximum atomic E-state index is 11.5. The second kappa shape index (κ2) is 5.81. The van der Waals surface area contributed by atoms with Crippen molar-refractivity contribution in [2.24, 2.45) is 17.4 Å². The largest absolute Gasteiger partial charge is 0.368 e. The van der Waals surface area contributed by atoms with E-state index in [-0.39, 0.29) is 11.8 Å². The number of primary amides is 1. The Labute approximate surface area is 95.3 Å². The molecule has 5 N–H and O–H groups in total. The molecule has 2 atom stereocenters. The third kappa shape index (κ3) is 3.46. The van der Waals surface area contributed by atoms with Crippen molar-refractivity contribution >= 4 is 11.8 Å². The molecule has 1 saturated heterocycles. The molecule has 1 aliphatic heterocycles. The van der Waals surface area contributed by atoms with Crippen LogP contribution >= 0.6 is 0 Å². The Morgan fingerprint density at radius 1 is 1.56 bits per heavy atom. The number of nitrogens with one attached hydrogen (secondary N) is 1. The maximum absolute atomic E-state index is 11.5. The van der Waals surface area contributed by atoms with Gasteiger partial charge in [0.2, 0.25) is 11.8 Å². The van der Waals surface area contributed by atoms with Gasteiger partial charge in [0.15, 0.2) is 0 Å². The molecule has 0 spiro atoms. The molecular formula is C10H20N4O2. The molecular weight excluding hydrogens is 208 g/mol. The fourth-order valence-corrected chi connectivity index (χ4v) is 2.01.